The summed E-state index contributed by atoms with van der Waals surface area (Å²) in [4.78, 5) is 25.9. The van der Waals surface area contributed by atoms with E-state index in [-0.39, 0.29) is 18.3 Å². The van der Waals surface area contributed by atoms with E-state index in [1.54, 1.807) is 29.2 Å². The summed E-state index contributed by atoms with van der Waals surface area (Å²) in [6.07, 6.45) is 0.616. The summed E-state index contributed by atoms with van der Waals surface area (Å²) in [7, 11) is 0. The summed E-state index contributed by atoms with van der Waals surface area (Å²) in [6, 6.07) is 17.6. The monoisotopic (exact) mass is 469 g/mol. The molecule has 0 fully saturated rings. The molecule has 3 aromatic carbocycles. The summed E-state index contributed by atoms with van der Waals surface area (Å²) >= 11 is 6.13. The van der Waals surface area contributed by atoms with Gasteiger partial charge in [0.1, 0.15) is 17.3 Å². The molecular weight excluding hydrogens is 449 g/mol. The Bertz CT molecular complexity index is 1180. The van der Waals surface area contributed by atoms with Gasteiger partial charge in [-0.1, -0.05) is 48.0 Å². The highest BCUT2D eigenvalue weighted by molar-refractivity contribution is 6.32. The van der Waals surface area contributed by atoms with E-state index < -0.39 is 24.4 Å². The van der Waals surface area contributed by atoms with Crippen LogP contribution < -0.4 is 9.47 Å². The van der Waals surface area contributed by atoms with Crippen LogP contribution in [0.25, 0.3) is 0 Å². The van der Waals surface area contributed by atoms with Crippen molar-refractivity contribution in [1.82, 2.24) is 4.90 Å². The van der Waals surface area contributed by atoms with Gasteiger partial charge in [0.2, 0.25) is 0 Å². The number of nitrogens with zero attached hydrogens (tertiary/aromatic N) is 1. The van der Waals surface area contributed by atoms with Crippen LogP contribution in [0, 0.1) is 5.82 Å². The maximum atomic E-state index is 14.3. The highest BCUT2D eigenvalue weighted by Gasteiger charge is 2.34. The Hall–Kier alpha value is -3.58. The number of aliphatic carboxylic acids is 1. The summed E-state index contributed by atoms with van der Waals surface area (Å²) in [6.45, 7) is -0.471. The maximum absolute atomic E-state index is 14.3. The zero-order chi connectivity index (χ0) is 23.4. The zero-order valence-electron chi connectivity index (χ0n) is 17.5. The Morgan fingerprint density at radius 3 is 2.48 bits per heavy atom. The number of hydrogen-bond acceptors (Lipinski definition) is 4. The number of carboxylic acid groups (broad SMARTS) is 1. The molecule has 0 aromatic heterocycles. The van der Waals surface area contributed by atoms with Crippen LogP contribution in [-0.4, -0.2) is 41.6 Å². The molecule has 0 bridgehead atoms. The number of carbonyl (C=O) groups excluding carboxylic acids is 1. The average molecular weight is 470 g/mol. The van der Waals surface area contributed by atoms with Crippen LogP contribution in [-0.2, 0) is 16.0 Å². The molecule has 1 aliphatic rings. The van der Waals surface area contributed by atoms with Gasteiger partial charge in [-0.2, -0.15) is 0 Å². The van der Waals surface area contributed by atoms with Crippen LogP contribution in [0.2, 0.25) is 5.02 Å². The van der Waals surface area contributed by atoms with Crippen LogP contribution in [0.1, 0.15) is 22.7 Å². The third-order valence-electron chi connectivity index (χ3n) is 5.41. The largest absolute Gasteiger partial charge is 0.482 e. The number of para-hydroxylation sites is 1. The molecule has 1 heterocycles. The topological polar surface area (TPSA) is 76.1 Å². The van der Waals surface area contributed by atoms with Crippen molar-refractivity contribution in [2.24, 2.45) is 0 Å². The Balaban J connectivity index is 1.69. The minimum atomic E-state index is -1.16. The predicted octanol–water partition coefficient (Wildman–Crippen LogP) is 4.50. The van der Waals surface area contributed by atoms with Crippen molar-refractivity contribution in [1.29, 1.82) is 0 Å². The van der Waals surface area contributed by atoms with Gasteiger partial charge < -0.3 is 19.5 Å². The molecule has 8 heteroatoms. The molecule has 0 saturated heterocycles. The van der Waals surface area contributed by atoms with Crippen molar-refractivity contribution in [3.63, 3.8) is 0 Å². The molecule has 1 aliphatic heterocycles. The Kier molecular flexibility index (Phi) is 6.79. The van der Waals surface area contributed by atoms with Crippen LogP contribution in [0.3, 0.4) is 0 Å². The minimum absolute atomic E-state index is 0.199. The van der Waals surface area contributed by atoms with Gasteiger partial charge in [-0.25, -0.2) is 9.18 Å². The fraction of sp³-hybridized carbons (Fsp3) is 0.200. The van der Waals surface area contributed by atoms with E-state index in [9.17, 15) is 14.0 Å². The smallest absolute Gasteiger partial charge is 0.341 e. The first-order valence-corrected chi connectivity index (χ1v) is 10.7. The van der Waals surface area contributed by atoms with Gasteiger partial charge in [0.25, 0.3) is 5.91 Å². The molecule has 1 N–H and O–H groups in total. The van der Waals surface area contributed by atoms with Gasteiger partial charge in [-0.15, -0.1) is 0 Å². The van der Waals surface area contributed by atoms with Crippen molar-refractivity contribution in [3.05, 3.63) is 94.3 Å². The number of hydrogen-bond donors (Lipinski definition) is 1. The van der Waals surface area contributed by atoms with Gasteiger partial charge in [0.05, 0.1) is 11.1 Å². The third kappa shape index (κ3) is 5.09. The lowest BCUT2D eigenvalue weighted by Gasteiger charge is -2.38. The summed E-state index contributed by atoms with van der Waals surface area (Å²) in [5.74, 6) is -1.41. The first-order valence-electron chi connectivity index (χ1n) is 10.3. The second-order valence-corrected chi connectivity index (χ2v) is 7.93. The number of carbonyl (C=O) groups is 2. The van der Waals surface area contributed by atoms with Crippen LogP contribution in [0.15, 0.2) is 66.7 Å². The predicted molar refractivity (Wildman–Crippen MR) is 120 cm³/mol. The average Bonchev–Trinajstić information content (AvgIpc) is 2.81. The highest BCUT2D eigenvalue weighted by atomic mass is 35.5. The number of amides is 1. The normalized spacial score (nSPS) is 15.0. The van der Waals surface area contributed by atoms with E-state index in [2.05, 4.69) is 0 Å². The molecule has 1 atom stereocenters. The molecule has 0 aliphatic carbocycles. The summed E-state index contributed by atoms with van der Waals surface area (Å²) in [5.41, 5.74) is 2.21. The molecule has 33 heavy (non-hydrogen) atoms. The second-order valence-electron chi connectivity index (χ2n) is 7.52. The van der Waals surface area contributed by atoms with Crippen molar-refractivity contribution >= 4 is 23.5 Å². The number of carboxylic acids is 1. The zero-order valence-corrected chi connectivity index (χ0v) is 18.3. The Labute approximate surface area is 195 Å². The lowest BCUT2D eigenvalue weighted by Crippen LogP contribution is -2.43. The Morgan fingerprint density at radius 2 is 1.70 bits per heavy atom. The summed E-state index contributed by atoms with van der Waals surface area (Å²) in [5, 5.41) is 9.43. The van der Waals surface area contributed by atoms with E-state index in [1.807, 2.05) is 24.3 Å². The van der Waals surface area contributed by atoms with E-state index in [4.69, 9.17) is 26.2 Å². The molecular formula is C25H21ClFNO5. The lowest BCUT2D eigenvalue weighted by molar-refractivity contribution is -0.139. The molecule has 4 rings (SSSR count). The summed E-state index contributed by atoms with van der Waals surface area (Å²) < 4.78 is 25.4. The number of fused-ring (bicyclic) bond motifs is 1. The molecule has 1 unspecified atom stereocenters. The molecule has 0 spiro atoms. The van der Waals surface area contributed by atoms with E-state index >= 15 is 0 Å². The number of ether oxygens (including phenoxy) is 2. The SMILES string of the molecule is O=C(O)COc1ccc(F)cc1C1c2ccccc2CCN1C(=O)COc1ccccc1Cl. The first-order chi connectivity index (χ1) is 15.9. The number of rotatable bonds is 7. The highest BCUT2D eigenvalue weighted by Crippen LogP contribution is 2.40. The first kappa shape index (κ1) is 22.6. The van der Waals surface area contributed by atoms with E-state index in [0.717, 1.165) is 11.1 Å². The third-order valence-corrected chi connectivity index (χ3v) is 5.72. The van der Waals surface area contributed by atoms with Crippen molar-refractivity contribution in [3.8, 4) is 11.5 Å². The van der Waals surface area contributed by atoms with Gasteiger partial charge in [-0.3, -0.25) is 4.79 Å². The molecule has 170 valence electrons. The fourth-order valence-electron chi connectivity index (χ4n) is 3.96. The van der Waals surface area contributed by atoms with Crippen molar-refractivity contribution < 1.29 is 28.6 Å². The maximum Gasteiger partial charge on any atom is 0.341 e. The molecule has 3 aromatic rings. The number of benzene rings is 3. The fourth-order valence-corrected chi connectivity index (χ4v) is 4.15. The van der Waals surface area contributed by atoms with E-state index in [0.29, 0.717) is 29.3 Å². The van der Waals surface area contributed by atoms with Crippen molar-refractivity contribution in [2.75, 3.05) is 19.8 Å². The van der Waals surface area contributed by atoms with Crippen molar-refractivity contribution in [2.45, 2.75) is 12.5 Å². The van der Waals surface area contributed by atoms with Crippen LogP contribution in [0.4, 0.5) is 4.39 Å². The minimum Gasteiger partial charge on any atom is -0.482 e. The molecule has 0 saturated carbocycles. The van der Waals surface area contributed by atoms with E-state index in [1.165, 1.54) is 18.2 Å². The number of halogens is 2. The van der Waals surface area contributed by atoms with Crippen LogP contribution in [0.5, 0.6) is 11.5 Å². The molecule has 0 radical (unpaired) electrons. The molecule has 6 nitrogen and oxygen atoms in total. The van der Waals surface area contributed by atoms with Crippen LogP contribution >= 0.6 is 11.6 Å². The molecule has 1 amide bonds. The van der Waals surface area contributed by atoms with Gasteiger partial charge in [0.15, 0.2) is 13.2 Å². The van der Waals surface area contributed by atoms with Gasteiger partial charge >= 0.3 is 5.97 Å². The standard InChI is InChI=1S/C25H21ClFNO5/c26-20-7-3-4-8-22(20)32-14-23(29)28-12-11-16-5-1-2-6-18(16)25(28)19-13-17(27)9-10-21(19)33-15-24(30)31/h1-10,13,25H,11-12,14-15H2,(H,30,31). The lowest BCUT2D eigenvalue weighted by atomic mass is 9.87. The second kappa shape index (κ2) is 9.92. The van der Waals surface area contributed by atoms with Gasteiger partial charge in [-0.05, 0) is 47.9 Å². The Morgan fingerprint density at radius 1 is 0.970 bits per heavy atom. The van der Waals surface area contributed by atoms with Gasteiger partial charge in [0, 0.05) is 12.1 Å². The quantitative estimate of drug-likeness (QED) is 0.551.